The van der Waals surface area contributed by atoms with Crippen LogP contribution in [0.5, 0.6) is 0 Å². The van der Waals surface area contributed by atoms with Gasteiger partial charge in [0.05, 0.1) is 0 Å². The third-order valence-corrected chi connectivity index (χ3v) is 2.81. The lowest BCUT2D eigenvalue weighted by atomic mass is 9.75. The summed E-state index contributed by atoms with van der Waals surface area (Å²) in [4.78, 5) is 11.7. The summed E-state index contributed by atoms with van der Waals surface area (Å²) in [5.74, 6) is 0.248. The summed E-state index contributed by atoms with van der Waals surface area (Å²) in [6, 6.07) is 0. The largest absolute Gasteiger partial charge is 0.385 e. The Kier molecular flexibility index (Phi) is 3.88. The third kappa shape index (κ3) is 2.29. The van der Waals surface area contributed by atoms with E-state index in [9.17, 15) is 4.79 Å². The van der Waals surface area contributed by atoms with Gasteiger partial charge in [-0.05, 0) is 25.7 Å². The molecular formula is C10H18O3. The van der Waals surface area contributed by atoms with E-state index in [0.717, 1.165) is 25.7 Å². The van der Waals surface area contributed by atoms with Gasteiger partial charge in [-0.15, -0.1) is 0 Å². The molecule has 0 aliphatic heterocycles. The van der Waals surface area contributed by atoms with Gasteiger partial charge in [0, 0.05) is 27.2 Å². The predicted molar refractivity (Wildman–Crippen MR) is 49.7 cm³/mol. The normalized spacial score (nSPS) is 19.5. The molecule has 0 unspecified atom stereocenters. The lowest BCUT2D eigenvalue weighted by molar-refractivity contribution is -0.152. The zero-order chi connectivity index (χ0) is 9.73. The van der Waals surface area contributed by atoms with Crippen LogP contribution >= 0.6 is 0 Å². The molecule has 0 amide bonds. The molecule has 0 aromatic heterocycles. The van der Waals surface area contributed by atoms with Crippen molar-refractivity contribution in [2.45, 2.75) is 37.7 Å². The van der Waals surface area contributed by atoms with Gasteiger partial charge < -0.3 is 9.47 Å². The Bertz CT molecular complexity index is 167. The number of ketones is 1. The van der Waals surface area contributed by atoms with E-state index in [0.29, 0.717) is 13.0 Å². The standard InChI is InChI=1S/C10H18O3/c1-12-8-3-5-9(11)10(13-2)6-4-7-10/h3-8H2,1-2H3. The summed E-state index contributed by atoms with van der Waals surface area (Å²) in [5.41, 5.74) is -0.423. The van der Waals surface area contributed by atoms with Crippen LogP contribution in [0.1, 0.15) is 32.1 Å². The van der Waals surface area contributed by atoms with Crippen molar-refractivity contribution in [3.05, 3.63) is 0 Å². The second kappa shape index (κ2) is 4.72. The van der Waals surface area contributed by atoms with Crippen molar-refractivity contribution in [2.24, 2.45) is 0 Å². The average molecular weight is 186 g/mol. The van der Waals surface area contributed by atoms with Gasteiger partial charge in [-0.3, -0.25) is 4.79 Å². The first kappa shape index (κ1) is 10.7. The maximum absolute atomic E-state index is 11.7. The molecule has 1 rings (SSSR count). The van der Waals surface area contributed by atoms with Gasteiger partial charge in [0.25, 0.3) is 0 Å². The molecule has 0 atom stereocenters. The van der Waals surface area contributed by atoms with Crippen molar-refractivity contribution in [3.63, 3.8) is 0 Å². The smallest absolute Gasteiger partial charge is 0.164 e. The molecule has 0 saturated heterocycles. The number of hydrogen-bond donors (Lipinski definition) is 0. The maximum Gasteiger partial charge on any atom is 0.164 e. The number of methoxy groups -OCH3 is 2. The van der Waals surface area contributed by atoms with Crippen LogP contribution in [-0.4, -0.2) is 32.2 Å². The average Bonchev–Trinajstić information content (AvgIpc) is 2.04. The Morgan fingerprint density at radius 2 is 2.08 bits per heavy atom. The number of rotatable bonds is 6. The van der Waals surface area contributed by atoms with Crippen molar-refractivity contribution in [2.75, 3.05) is 20.8 Å². The summed E-state index contributed by atoms with van der Waals surface area (Å²) in [6.07, 6.45) is 4.30. The lowest BCUT2D eigenvalue weighted by Gasteiger charge is -2.38. The van der Waals surface area contributed by atoms with Crippen LogP contribution in [0.3, 0.4) is 0 Å². The highest BCUT2D eigenvalue weighted by atomic mass is 16.5. The van der Waals surface area contributed by atoms with E-state index in [1.54, 1.807) is 14.2 Å². The van der Waals surface area contributed by atoms with Crippen molar-refractivity contribution >= 4 is 5.78 Å². The number of carbonyl (C=O) groups is 1. The third-order valence-electron chi connectivity index (χ3n) is 2.81. The summed E-state index contributed by atoms with van der Waals surface area (Å²) in [7, 11) is 3.29. The van der Waals surface area contributed by atoms with E-state index >= 15 is 0 Å². The fourth-order valence-electron chi connectivity index (χ4n) is 1.70. The van der Waals surface area contributed by atoms with Crippen molar-refractivity contribution in [1.29, 1.82) is 0 Å². The van der Waals surface area contributed by atoms with E-state index < -0.39 is 5.60 Å². The molecule has 3 heteroatoms. The predicted octanol–water partition coefficient (Wildman–Crippen LogP) is 1.55. The first-order valence-electron chi connectivity index (χ1n) is 4.82. The monoisotopic (exact) mass is 186 g/mol. The molecule has 0 bridgehead atoms. The summed E-state index contributed by atoms with van der Waals surface area (Å²) in [6.45, 7) is 0.658. The zero-order valence-corrected chi connectivity index (χ0v) is 8.47. The fraction of sp³-hybridized carbons (Fsp3) is 0.900. The fourth-order valence-corrected chi connectivity index (χ4v) is 1.70. The second-order valence-corrected chi connectivity index (χ2v) is 3.57. The zero-order valence-electron chi connectivity index (χ0n) is 8.47. The minimum Gasteiger partial charge on any atom is -0.385 e. The van der Waals surface area contributed by atoms with Crippen LogP contribution in [0.4, 0.5) is 0 Å². The van der Waals surface area contributed by atoms with Crippen LogP contribution < -0.4 is 0 Å². The van der Waals surface area contributed by atoms with Crippen LogP contribution in [0.15, 0.2) is 0 Å². The molecule has 76 valence electrons. The molecular weight excluding hydrogens is 168 g/mol. The van der Waals surface area contributed by atoms with Crippen molar-refractivity contribution < 1.29 is 14.3 Å². The van der Waals surface area contributed by atoms with Crippen LogP contribution in [0.25, 0.3) is 0 Å². The van der Waals surface area contributed by atoms with Crippen LogP contribution in [0.2, 0.25) is 0 Å². The molecule has 1 fully saturated rings. The lowest BCUT2D eigenvalue weighted by Crippen LogP contribution is -2.47. The van der Waals surface area contributed by atoms with E-state index in [1.807, 2.05) is 0 Å². The summed E-state index contributed by atoms with van der Waals surface area (Å²) in [5, 5.41) is 0. The minimum atomic E-state index is -0.423. The Balaban J connectivity index is 2.28. The molecule has 0 heterocycles. The summed E-state index contributed by atoms with van der Waals surface area (Å²) < 4.78 is 10.2. The Hall–Kier alpha value is -0.410. The van der Waals surface area contributed by atoms with Gasteiger partial charge in [-0.2, -0.15) is 0 Å². The van der Waals surface area contributed by atoms with Gasteiger partial charge in [0.2, 0.25) is 0 Å². The van der Waals surface area contributed by atoms with Gasteiger partial charge in [-0.1, -0.05) is 0 Å². The number of hydrogen-bond acceptors (Lipinski definition) is 3. The molecule has 1 aliphatic carbocycles. The maximum atomic E-state index is 11.7. The van der Waals surface area contributed by atoms with Gasteiger partial charge >= 0.3 is 0 Å². The highest BCUT2D eigenvalue weighted by Crippen LogP contribution is 2.36. The van der Waals surface area contributed by atoms with Crippen molar-refractivity contribution in [3.8, 4) is 0 Å². The molecule has 0 N–H and O–H groups in total. The van der Waals surface area contributed by atoms with Crippen LogP contribution in [-0.2, 0) is 14.3 Å². The Morgan fingerprint density at radius 3 is 2.46 bits per heavy atom. The highest BCUT2D eigenvalue weighted by molar-refractivity contribution is 5.88. The van der Waals surface area contributed by atoms with E-state index in [1.165, 1.54) is 0 Å². The Morgan fingerprint density at radius 1 is 1.38 bits per heavy atom. The molecule has 3 nitrogen and oxygen atoms in total. The minimum absolute atomic E-state index is 0.248. The molecule has 0 spiro atoms. The van der Waals surface area contributed by atoms with E-state index in [4.69, 9.17) is 9.47 Å². The highest BCUT2D eigenvalue weighted by Gasteiger charge is 2.43. The number of carbonyl (C=O) groups excluding carboxylic acids is 1. The van der Waals surface area contributed by atoms with Gasteiger partial charge in [0.1, 0.15) is 5.60 Å². The SMILES string of the molecule is COCCCC(=O)C1(OC)CCC1. The van der Waals surface area contributed by atoms with E-state index in [-0.39, 0.29) is 5.78 Å². The molecule has 0 radical (unpaired) electrons. The van der Waals surface area contributed by atoms with E-state index in [2.05, 4.69) is 0 Å². The molecule has 0 aromatic rings. The topological polar surface area (TPSA) is 35.5 Å². The quantitative estimate of drug-likeness (QED) is 0.590. The first-order chi connectivity index (χ1) is 6.25. The molecule has 0 aromatic carbocycles. The summed E-state index contributed by atoms with van der Waals surface area (Å²) >= 11 is 0. The Labute approximate surface area is 79.4 Å². The van der Waals surface area contributed by atoms with Gasteiger partial charge in [-0.25, -0.2) is 0 Å². The molecule has 1 aliphatic rings. The van der Waals surface area contributed by atoms with Crippen molar-refractivity contribution in [1.82, 2.24) is 0 Å². The number of ether oxygens (including phenoxy) is 2. The molecule has 1 saturated carbocycles. The van der Waals surface area contributed by atoms with Crippen LogP contribution in [0, 0.1) is 0 Å². The molecule has 13 heavy (non-hydrogen) atoms. The second-order valence-electron chi connectivity index (χ2n) is 3.57. The van der Waals surface area contributed by atoms with Gasteiger partial charge in [0.15, 0.2) is 5.78 Å². The first-order valence-corrected chi connectivity index (χ1v) is 4.82. The number of Topliss-reactive ketones (excluding diaryl/α,β-unsaturated/α-hetero) is 1.